The van der Waals surface area contributed by atoms with Crippen molar-refractivity contribution < 1.29 is 0 Å². The van der Waals surface area contributed by atoms with Gasteiger partial charge in [0, 0.05) is 16.5 Å². The van der Waals surface area contributed by atoms with Crippen molar-refractivity contribution in [2.24, 2.45) is 0 Å². The molecule has 1 heterocycles. The highest BCUT2D eigenvalue weighted by Crippen LogP contribution is 2.33. The molecule has 3 heteroatoms. The van der Waals surface area contributed by atoms with E-state index in [-0.39, 0.29) is 0 Å². The van der Waals surface area contributed by atoms with Crippen LogP contribution in [0.5, 0.6) is 0 Å². The van der Waals surface area contributed by atoms with Crippen LogP contribution in [-0.2, 0) is 0 Å². The van der Waals surface area contributed by atoms with E-state index in [0.29, 0.717) is 6.04 Å². The molecular weight excluding hydrogens is 252 g/mol. The van der Waals surface area contributed by atoms with E-state index in [1.165, 1.54) is 16.0 Å². The monoisotopic (exact) mass is 274 g/mol. The summed E-state index contributed by atoms with van der Waals surface area (Å²) in [4.78, 5) is 6.10. The molecule has 0 spiro atoms. The molecule has 2 rings (SSSR count). The molecule has 1 aromatic heterocycles. The summed E-state index contributed by atoms with van der Waals surface area (Å²) in [6.07, 6.45) is 1.16. The number of nitrogens with one attached hydrogen (secondary N) is 1. The molecular formula is C16H22N2S. The summed E-state index contributed by atoms with van der Waals surface area (Å²) in [6.45, 7) is 9.72. The molecule has 0 aliphatic carbocycles. The van der Waals surface area contributed by atoms with Crippen LogP contribution in [0, 0.1) is 13.8 Å². The molecule has 1 N–H and O–H groups in total. The summed E-state index contributed by atoms with van der Waals surface area (Å²) in [6, 6.07) is 8.84. The van der Waals surface area contributed by atoms with Gasteiger partial charge in [-0.2, -0.15) is 0 Å². The molecule has 1 aromatic carbocycles. The molecule has 102 valence electrons. The SMILES string of the molecule is CCCNC(C)c1sc(-c2ccccc2C)nc1C. The van der Waals surface area contributed by atoms with Crippen molar-refractivity contribution in [2.75, 3.05) is 6.54 Å². The largest absolute Gasteiger partial charge is 0.309 e. The van der Waals surface area contributed by atoms with Crippen molar-refractivity contribution in [3.05, 3.63) is 40.4 Å². The third-order valence-electron chi connectivity index (χ3n) is 3.30. The first-order valence-corrected chi connectivity index (χ1v) is 7.71. The predicted molar refractivity (Wildman–Crippen MR) is 83.7 cm³/mol. The topological polar surface area (TPSA) is 24.9 Å². The maximum atomic E-state index is 4.75. The Hall–Kier alpha value is -1.19. The number of nitrogens with zero attached hydrogens (tertiary/aromatic N) is 1. The molecule has 0 aliphatic heterocycles. The predicted octanol–water partition coefficient (Wildman–Crippen LogP) is 4.49. The number of aryl methyl sites for hydroxylation is 2. The fraction of sp³-hybridized carbons (Fsp3) is 0.438. The van der Waals surface area contributed by atoms with Crippen LogP contribution in [0.2, 0.25) is 0 Å². The molecule has 0 aliphatic rings. The lowest BCUT2D eigenvalue weighted by molar-refractivity contribution is 0.575. The smallest absolute Gasteiger partial charge is 0.124 e. The first-order valence-electron chi connectivity index (χ1n) is 6.90. The summed E-state index contributed by atoms with van der Waals surface area (Å²) in [5.74, 6) is 0. The highest BCUT2D eigenvalue weighted by atomic mass is 32.1. The van der Waals surface area contributed by atoms with Gasteiger partial charge in [-0.3, -0.25) is 0 Å². The van der Waals surface area contributed by atoms with Gasteiger partial charge in [-0.15, -0.1) is 11.3 Å². The summed E-state index contributed by atoms with van der Waals surface area (Å²) in [7, 11) is 0. The zero-order chi connectivity index (χ0) is 13.8. The van der Waals surface area contributed by atoms with Crippen LogP contribution >= 0.6 is 11.3 Å². The van der Waals surface area contributed by atoms with Gasteiger partial charge in [0.1, 0.15) is 5.01 Å². The first kappa shape index (κ1) is 14.2. The number of aromatic nitrogens is 1. The lowest BCUT2D eigenvalue weighted by atomic mass is 10.1. The van der Waals surface area contributed by atoms with Crippen molar-refractivity contribution in [1.82, 2.24) is 10.3 Å². The highest BCUT2D eigenvalue weighted by Gasteiger charge is 2.15. The van der Waals surface area contributed by atoms with E-state index >= 15 is 0 Å². The van der Waals surface area contributed by atoms with Gasteiger partial charge in [0.25, 0.3) is 0 Å². The van der Waals surface area contributed by atoms with Crippen molar-refractivity contribution in [1.29, 1.82) is 0 Å². The quantitative estimate of drug-likeness (QED) is 0.869. The molecule has 0 bridgehead atoms. The van der Waals surface area contributed by atoms with E-state index in [2.05, 4.69) is 57.3 Å². The molecule has 0 amide bonds. The number of benzene rings is 1. The van der Waals surface area contributed by atoms with Crippen molar-refractivity contribution in [3.8, 4) is 10.6 Å². The second kappa shape index (κ2) is 6.31. The Balaban J connectivity index is 2.28. The van der Waals surface area contributed by atoms with E-state index in [9.17, 15) is 0 Å². The van der Waals surface area contributed by atoms with Crippen LogP contribution in [0.25, 0.3) is 10.6 Å². The Morgan fingerprint density at radius 2 is 2.00 bits per heavy atom. The van der Waals surface area contributed by atoms with Crippen LogP contribution in [0.15, 0.2) is 24.3 Å². The van der Waals surface area contributed by atoms with Crippen molar-refractivity contribution >= 4 is 11.3 Å². The zero-order valence-electron chi connectivity index (χ0n) is 12.2. The third-order valence-corrected chi connectivity index (χ3v) is 4.68. The molecule has 1 unspecified atom stereocenters. The Labute approximate surface area is 119 Å². The molecule has 2 aromatic rings. The minimum Gasteiger partial charge on any atom is -0.309 e. The van der Waals surface area contributed by atoms with Crippen molar-refractivity contribution in [3.63, 3.8) is 0 Å². The van der Waals surface area contributed by atoms with Crippen LogP contribution in [-0.4, -0.2) is 11.5 Å². The Bertz CT molecular complexity index is 545. The normalized spacial score (nSPS) is 12.6. The highest BCUT2D eigenvalue weighted by molar-refractivity contribution is 7.15. The number of rotatable bonds is 5. The van der Waals surface area contributed by atoms with E-state index < -0.39 is 0 Å². The molecule has 0 radical (unpaired) electrons. The fourth-order valence-electron chi connectivity index (χ4n) is 2.19. The molecule has 0 saturated heterocycles. The minimum atomic E-state index is 0.384. The standard InChI is InChI=1S/C16H22N2S/c1-5-10-17-12(3)15-13(4)18-16(19-15)14-9-7-6-8-11(14)2/h6-9,12,17H,5,10H2,1-4H3. The Kier molecular flexibility index (Phi) is 4.72. The van der Waals surface area contributed by atoms with Gasteiger partial charge in [-0.25, -0.2) is 4.98 Å². The fourth-order valence-corrected chi connectivity index (χ4v) is 3.37. The third kappa shape index (κ3) is 3.23. The average molecular weight is 274 g/mol. The second-order valence-electron chi connectivity index (χ2n) is 4.96. The molecule has 1 atom stereocenters. The number of hydrogen-bond donors (Lipinski definition) is 1. The summed E-state index contributed by atoms with van der Waals surface area (Å²) in [5.41, 5.74) is 3.70. The van der Waals surface area contributed by atoms with Crippen LogP contribution < -0.4 is 5.32 Å². The van der Waals surface area contributed by atoms with Gasteiger partial charge >= 0.3 is 0 Å². The Morgan fingerprint density at radius 1 is 1.26 bits per heavy atom. The van der Waals surface area contributed by atoms with E-state index in [4.69, 9.17) is 4.98 Å². The van der Waals surface area contributed by atoms with Gasteiger partial charge in [0.05, 0.1) is 5.69 Å². The zero-order valence-corrected chi connectivity index (χ0v) is 13.0. The molecule has 0 saturated carbocycles. The number of thiazole rings is 1. The lowest BCUT2D eigenvalue weighted by Crippen LogP contribution is -2.18. The van der Waals surface area contributed by atoms with Gasteiger partial charge in [0.15, 0.2) is 0 Å². The molecule has 0 fully saturated rings. The van der Waals surface area contributed by atoms with Gasteiger partial charge in [0.2, 0.25) is 0 Å². The van der Waals surface area contributed by atoms with E-state index in [1.807, 2.05) is 11.3 Å². The van der Waals surface area contributed by atoms with Crippen molar-refractivity contribution in [2.45, 2.75) is 40.2 Å². The first-order chi connectivity index (χ1) is 9.13. The van der Waals surface area contributed by atoms with Gasteiger partial charge < -0.3 is 5.32 Å². The van der Waals surface area contributed by atoms with E-state index in [0.717, 1.165) is 23.7 Å². The maximum absolute atomic E-state index is 4.75. The van der Waals surface area contributed by atoms with E-state index in [1.54, 1.807) is 0 Å². The van der Waals surface area contributed by atoms with Gasteiger partial charge in [-0.1, -0.05) is 31.2 Å². The summed E-state index contributed by atoms with van der Waals surface area (Å²) < 4.78 is 0. The minimum absolute atomic E-state index is 0.384. The molecule has 2 nitrogen and oxygen atoms in total. The molecule has 19 heavy (non-hydrogen) atoms. The average Bonchev–Trinajstić information content (AvgIpc) is 2.78. The van der Waals surface area contributed by atoms with Crippen LogP contribution in [0.1, 0.15) is 42.4 Å². The summed E-state index contributed by atoms with van der Waals surface area (Å²) >= 11 is 1.81. The Morgan fingerprint density at radius 3 is 2.68 bits per heavy atom. The second-order valence-corrected chi connectivity index (χ2v) is 5.99. The lowest BCUT2D eigenvalue weighted by Gasteiger charge is -2.11. The van der Waals surface area contributed by atoms with Gasteiger partial charge in [-0.05, 0) is 39.3 Å². The maximum Gasteiger partial charge on any atom is 0.124 e. The summed E-state index contributed by atoms with van der Waals surface area (Å²) in [5, 5.41) is 4.67. The number of hydrogen-bond acceptors (Lipinski definition) is 3. The van der Waals surface area contributed by atoms with Crippen LogP contribution in [0.4, 0.5) is 0 Å². The van der Waals surface area contributed by atoms with Crippen LogP contribution in [0.3, 0.4) is 0 Å².